The molecule has 2 N–H and O–H groups in total. The molecule has 0 spiro atoms. The van der Waals surface area contributed by atoms with Gasteiger partial charge in [-0.15, -0.1) is 0 Å². The first-order valence-corrected chi connectivity index (χ1v) is 8.20. The van der Waals surface area contributed by atoms with Gasteiger partial charge in [-0.1, -0.05) is 24.3 Å². The zero-order valence-electron chi connectivity index (χ0n) is 14.4. The van der Waals surface area contributed by atoms with E-state index in [1.54, 1.807) is 12.1 Å². The van der Waals surface area contributed by atoms with Crippen molar-refractivity contribution in [1.29, 1.82) is 0 Å². The van der Waals surface area contributed by atoms with Gasteiger partial charge in [0, 0.05) is 30.4 Å². The van der Waals surface area contributed by atoms with Crippen molar-refractivity contribution in [2.75, 3.05) is 17.2 Å². The average molecular weight is 350 g/mol. The Morgan fingerprint density at radius 3 is 2.84 bits per heavy atom. The summed E-state index contributed by atoms with van der Waals surface area (Å²) in [6.45, 7) is 1.58. The van der Waals surface area contributed by atoms with Crippen molar-refractivity contribution in [3.63, 3.8) is 0 Å². The molecule has 25 heavy (non-hydrogen) atoms. The maximum atomic E-state index is 14.0. The van der Waals surface area contributed by atoms with Crippen LogP contribution in [0.4, 0.5) is 15.8 Å². The van der Waals surface area contributed by atoms with E-state index in [1.807, 2.05) is 6.07 Å². The number of carboxylic acid groups (broad SMARTS) is 1. The smallest absolute Gasteiger partial charge is 0.550 e. The number of fused-ring (bicyclic) bond motifs is 1. The Morgan fingerprint density at radius 1 is 1.24 bits per heavy atom. The SMILES string of the molecule is O=C([O-])CCc1ccc(NCc2cccc3c2NCCC3)cc1F.[Na+]. The van der Waals surface area contributed by atoms with Crippen LogP contribution < -0.4 is 45.3 Å². The number of carboxylic acids is 1. The average Bonchev–Trinajstić information content (AvgIpc) is 2.59. The molecular weight excluding hydrogens is 330 g/mol. The van der Waals surface area contributed by atoms with Gasteiger partial charge in [-0.2, -0.15) is 0 Å². The quantitative estimate of drug-likeness (QED) is 0.689. The summed E-state index contributed by atoms with van der Waals surface area (Å²) in [5.41, 5.74) is 4.74. The normalized spacial score (nSPS) is 12.5. The molecule has 2 aromatic carbocycles. The van der Waals surface area contributed by atoms with Crippen molar-refractivity contribution in [3.05, 3.63) is 58.9 Å². The molecule has 0 radical (unpaired) electrons. The van der Waals surface area contributed by atoms with Crippen molar-refractivity contribution in [2.45, 2.75) is 32.2 Å². The maximum Gasteiger partial charge on any atom is 1.00 e. The van der Waals surface area contributed by atoms with E-state index in [0.29, 0.717) is 17.8 Å². The van der Waals surface area contributed by atoms with E-state index >= 15 is 0 Å². The van der Waals surface area contributed by atoms with E-state index in [2.05, 4.69) is 22.8 Å². The van der Waals surface area contributed by atoms with E-state index in [9.17, 15) is 14.3 Å². The van der Waals surface area contributed by atoms with Gasteiger partial charge in [0.2, 0.25) is 0 Å². The van der Waals surface area contributed by atoms with Crippen molar-refractivity contribution in [1.82, 2.24) is 0 Å². The summed E-state index contributed by atoms with van der Waals surface area (Å²) >= 11 is 0. The van der Waals surface area contributed by atoms with E-state index in [-0.39, 0.29) is 42.4 Å². The van der Waals surface area contributed by atoms with Gasteiger partial charge in [0.05, 0.1) is 0 Å². The third-order valence-corrected chi connectivity index (χ3v) is 4.30. The molecule has 0 amide bonds. The van der Waals surface area contributed by atoms with E-state index < -0.39 is 11.8 Å². The topological polar surface area (TPSA) is 64.2 Å². The van der Waals surface area contributed by atoms with E-state index in [0.717, 1.165) is 24.9 Å². The maximum absolute atomic E-state index is 14.0. The molecule has 0 atom stereocenters. The summed E-state index contributed by atoms with van der Waals surface area (Å²) in [4.78, 5) is 10.5. The largest absolute Gasteiger partial charge is 1.00 e. The van der Waals surface area contributed by atoms with Gasteiger partial charge < -0.3 is 20.5 Å². The van der Waals surface area contributed by atoms with E-state index in [4.69, 9.17) is 0 Å². The number of hydrogen-bond donors (Lipinski definition) is 2. The Balaban J connectivity index is 0.00000225. The Labute approximate surface area is 169 Å². The predicted octanol–water partition coefficient (Wildman–Crippen LogP) is -0.518. The zero-order chi connectivity index (χ0) is 16.9. The molecule has 2 aromatic rings. The summed E-state index contributed by atoms with van der Waals surface area (Å²) in [7, 11) is 0. The van der Waals surface area contributed by atoms with Gasteiger partial charge in [-0.05, 0) is 54.5 Å². The fourth-order valence-corrected chi connectivity index (χ4v) is 3.02. The summed E-state index contributed by atoms with van der Waals surface area (Å²) < 4.78 is 14.0. The Bertz CT molecular complexity index is 752. The Kier molecular flexibility index (Phi) is 7.29. The number of carbonyl (C=O) groups is 1. The molecule has 1 heterocycles. The molecule has 0 bridgehead atoms. The summed E-state index contributed by atoms with van der Waals surface area (Å²) in [6.07, 6.45) is 2.19. The number of aliphatic carboxylic acids is 1. The van der Waals surface area contributed by atoms with Crippen molar-refractivity contribution in [3.8, 4) is 0 Å². The zero-order valence-corrected chi connectivity index (χ0v) is 16.4. The van der Waals surface area contributed by atoms with Crippen LogP contribution in [0.15, 0.2) is 36.4 Å². The number of anilines is 2. The summed E-state index contributed by atoms with van der Waals surface area (Å²) in [5.74, 6) is -1.56. The first-order valence-electron chi connectivity index (χ1n) is 8.20. The number of para-hydroxylation sites is 1. The van der Waals surface area contributed by atoms with Crippen LogP contribution in [-0.2, 0) is 24.2 Å². The molecule has 6 heteroatoms. The molecule has 1 aliphatic rings. The number of carbonyl (C=O) groups excluding carboxylic acids is 1. The summed E-state index contributed by atoms with van der Waals surface area (Å²) in [5, 5.41) is 17.2. The van der Waals surface area contributed by atoms with Gasteiger partial charge in [-0.25, -0.2) is 4.39 Å². The van der Waals surface area contributed by atoms with Crippen LogP contribution in [0.2, 0.25) is 0 Å². The first kappa shape index (κ1) is 19.8. The van der Waals surface area contributed by atoms with Crippen LogP contribution in [0.25, 0.3) is 0 Å². The van der Waals surface area contributed by atoms with Crippen LogP contribution in [0, 0.1) is 5.82 Å². The molecule has 0 saturated heterocycles. The molecule has 0 aliphatic carbocycles. The predicted molar refractivity (Wildman–Crippen MR) is 90.3 cm³/mol. The Morgan fingerprint density at radius 2 is 2.08 bits per heavy atom. The third-order valence-electron chi connectivity index (χ3n) is 4.30. The van der Waals surface area contributed by atoms with Crippen molar-refractivity contribution < 1.29 is 43.8 Å². The van der Waals surface area contributed by atoms with E-state index in [1.165, 1.54) is 17.3 Å². The number of nitrogens with one attached hydrogen (secondary N) is 2. The minimum absolute atomic E-state index is 0. The minimum Gasteiger partial charge on any atom is -0.550 e. The summed E-state index contributed by atoms with van der Waals surface area (Å²) in [6, 6.07) is 11.1. The number of benzene rings is 2. The molecule has 3 rings (SSSR count). The number of rotatable bonds is 6. The number of halogens is 1. The van der Waals surface area contributed by atoms with Gasteiger partial charge >= 0.3 is 29.6 Å². The molecule has 0 fully saturated rings. The second kappa shape index (κ2) is 9.22. The number of hydrogen-bond acceptors (Lipinski definition) is 4. The molecule has 4 nitrogen and oxygen atoms in total. The van der Waals surface area contributed by atoms with Crippen molar-refractivity contribution in [2.24, 2.45) is 0 Å². The Hall–Kier alpha value is -1.56. The monoisotopic (exact) mass is 350 g/mol. The standard InChI is InChI=1S/C19H21FN2O2.Na/c20-17-11-16(8-6-13(17)7-9-18(23)24)22-12-15-4-1-3-14-5-2-10-21-19(14)15;/h1,3-4,6,8,11,21-22H,2,5,7,9-10,12H2,(H,23,24);/q;+1/p-1. The van der Waals surface area contributed by atoms with Crippen LogP contribution in [0.1, 0.15) is 29.5 Å². The van der Waals surface area contributed by atoms with Gasteiger partial charge in [0.15, 0.2) is 0 Å². The number of aryl methyl sites for hydroxylation is 2. The van der Waals surface area contributed by atoms with Crippen molar-refractivity contribution >= 4 is 17.3 Å². The molecular formula is C19H20FN2NaO2. The van der Waals surface area contributed by atoms with Gasteiger partial charge in [0.1, 0.15) is 5.82 Å². The molecule has 1 aliphatic heterocycles. The van der Waals surface area contributed by atoms with Crippen LogP contribution >= 0.6 is 0 Å². The van der Waals surface area contributed by atoms with Crippen LogP contribution in [-0.4, -0.2) is 12.5 Å². The third kappa shape index (κ3) is 5.21. The fourth-order valence-electron chi connectivity index (χ4n) is 3.02. The second-order valence-electron chi connectivity index (χ2n) is 6.01. The molecule has 0 aromatic heterocycles. The second-order valence-corrected chi connectivity index (χ2v) is 6.01. The molecule has 0 unspecified atom stereocenters. The molecule has 126 valence electrons. The van der Waals surface area contributed by atoms with Gasteiger partial charge in [0.25, 0.3) is 0 Å². The first-order chi connectivity index (χ1) is 11.6. The molecule has 0 saturated carbocycles. The van der Waals surface area contributed by atoms with Crippen LogP contribution in [0.5, 0.6) is 0 Å². The minimum atomic E-state index is -1.17. The van der Waals surface area contributed by atoms with Gasteiger partial charge in [-0.3, -0.25) is 0 Å². The van der Waals surface area contributed by atoms with Crippen LogP contribution in [0.3, 0.4) is 0 Å². The fraction of sp³-hybridized carbons (Fsp3) is 0.316.